The molecule has 4 heterocycles. The highest BCUT2D eigenvalue weighted by Gasteiger charge is 2.33. The summed E-state index contributed by atoms with van der Waals surface area (Å²) in [7, 11) is 0. The summed E-state index contributed by atoms with van der Waals surface area (Å²) in [5, 5.41) is 9.51. The highest BCUT2D eigenvalue weighted by molar-refractivity contribution is 7.10. The van der Waals surface area contributed by atoms with E-state index in [1.807, 2.05) is 86.3 Å². The van der Waals surface area contributed by atoms with Crippen LogP contribution in [-0.2, 0) is 11.3 Å². The fraction of sp³-hybridized carbons (Fsp3) is 0.231. The zero-order chi connectivity index (χ0) is 24.7. The number of anilines is 1. The minimum Gasteiger partial charge on any atom is -0.322 e. The van der Waals surface area contributed by atoms with Crippen molar-refractivity contribution in [3.05, 3.63) is 101 Å². The second kappa shape index (κ2) is 9.24. The van der Waals surface area contributed by atoms with Crippen molar-refractivity contribution in [1.29, 1.82) is 0 Å². The molecule has 0 fully saturated rings. The fourth-order valence-electron chi connectivity index (χ4n) is 4.41. The topological polar surface area (TPSA) is 81.3 Å². The first-order chi connectivity index (χ1) is 16.9. The number of amides is 1. The number of carbonyl (C=O) groups is 1. The van der Waals surface area contributed by atoms with Crippen molar-refractivity contribution >= 4 is 40.3 Å². The molecule has 1 atom stereocenters. The number of nitrogens with one attached hydrogen (secondary N) is 1. The Morgan fingerprint density at radius 1 is 1.14 bits per heavy atom. The molecule has 1 aliphatic heterocycles. The molecule has 0 saturated carbocycles. The van der Waals surface area contributed by atoms with Gasteiger partial charge >= 0.3 is 0 Å². The maximum absolute atomic E-state index is 13.8. The van der Waals surface area contributed by atoms with E-state index < -0.39 is 6.04 Å². The van der Waals surface area contributed by atoms with Gasteiger partial charge < -0.3 is 5.32 Å². The number of carbonyl (C=O) groups excluding carboxylic acids is 1. The molecule has 1 amide bonds. The van der Waals surface area contributed by atoms with Crippen molar-refractivity contribution in [2.24, 2.45) is 4.99 Å². The molecule has 9 heteroatoms. The van der Waals surface area contributed by atoms with Crippen LogP contribution in [0, 0.1) is 13.8 Å². The van der Waals surface area contributed by atoms with Gasteiger partial charge in [-0.1, -0.05) is 35.6 Å². The average molecular weight is 504 g/mol. The van der Waals surface area contributed by atoms with Gasteiger partial charge in [-0.15, -0.1) is 11.3 Å². The number of hydrogen-bond donors (Lipinski definition) is 1. The van der Waals surface area contributed by atoms with Gasteiger partial charge in [-0.05, 0) is 57.4 Å². The van der Waals surface area contributed by atoms with Gasteiger partial charge in [-0.25, -0.2) is 4.99 Å². The number of aromatic nitrogens is 3. The van der Waals surface area contributed by atoms with Crippen LogP contribution in [0.5, 0.6) is 0 Å². The maximum Gasteiger partial charge on any atom is 0.271 e. The number of hydrogen-bond acceptors (Lipinski definition) is 6. The molecule has 1 aliphatic rings. The van der Waals surface area contributed by atoms with Gasteiger partial charge in [-0.2, -0.15) is 5.10 Å². The summed E-state index contributed by atoms with van der Waals surface area (Å²) in [5.41, 5.74) is 4.46. The lowest BCUT2D eigenvalue weighted by atomic mass is 10.0. The van der Waals surface area contributed by atoms with Crippen molar-refractivity contribution in [3.63, 3.8) is 0 Å². The van der Waals surface area contributed by atoms with E-state index in [2.05, 4.69) is 10.4 Å². The molecule has 0 bridgehead atoms. The molecule has 0 unspecified atom stereocenters. The van der Waals surface area contributed by atoms with Gasteiger partial charge in [-0.3, -0.25) is 18.8 Å². The Morgan fingerprint density at radius 3 is 2.57 bits per heavy atom. The summed E-state index contributed by atoms with van der Waals surface area (Å²) in [6.07, 6.45) is 1.90. The molecular weight excluding hydrogens is 478 g/mol. The van der Waals surface area contributed by atoms with E-state index >= 15 is 0 Å². The van der Waals surface area contributed by atoms with Crippen LogP contribution in [0.3, 0.4) is 0 Å². The Labute approximate surface area is 210 Å². The number of thiazole rings is 1. The zero-order valence-corrected chi connectivity index (χ0v) is 21.5. The zero-order valence-electron chi connectivity index (χ0n) is 19.9. The van der Waals surface area contributed by atoms with E-state index in [4.69, 9.17) is 4.99 Å². The predicted octanol–water partition coefficient (Wildman–Crippen LogP) is 3.77. The average Bonchev–Trinajstić information content (AvgIpc) is 3.54. The van der Waals surface area contributed by atoms with E-state index in [0.29, 0.717) is 26.3 Å². The number of thiophene rings is 1. The third-order valence-corrected chi connectivity index (χ3v) is 8.03. The number of allylic oxidation sites excluding steroid dienone is 1. The number of fused-ring (bicyclic) bond motifs is 1. The number of nitrogens with zero attached hydrogens (tertiary/aromatic N) is 4. The quantitative estimate of drug-likeness (QED) is 0.450. The molecule has 0 spiro atoms. The minimum atomic E-state index is -0.544. The highest BCUT2D eigenvalue weighted by Crippen LogP contribution is 2.33. The third kappa shape index (κ3) is 4.11. The SMILES string of the molecule is CCn1nc(C)c(/C=c2/sc3n(c2=O)[C@@H](c2cccs2)C(C(=O)Nc2ccccc2)=C(C)N=3)c1C. The minimum absolute atomic E-state index is 0.160. The van der Waals surface area contributed by atoms with Crippen LogP contribution >= 0.6 is 22.7 Å². The van der Waals surface area contributed by atoms with Crippen molar-refractivity contribution in [1.82, 2.24) is 14.3 Å². The Bertz CT molecular complexity index is 1620. The van der Waals surface area contributed by atoms with Crippen molar-refractivity contribution in [2.75, 3.05) is 5.32 Å². The number of para-hydroxylation sites is 1. The maximum atomic E-state index is 13.8. The molecule has 178 valence electrons. The van der Waals surface area contributed by atoms with Gasteiger partial charge in [0.2, 0.25) is 0 Å². The molecule has 1 aromatic carbocycles. The van der Waals surface area contributed by atoms with Gasteiger partial charge in [0.25, 0.3) is 11.5 Å². The largest absolute Gasteiger partial charge is 0.322 e. The first-order valence-corrected chi connectivity index (χ1v) is 13.0. The lowest BCUT2D eigenvalue weighted by molar-refractivity contribution is -0.113. The summed E-state index contributed by atoms with van der Waals surface area (Å²) in [4.78, 5) is 33.4. The lowest BCUT2D eigenvalue weighted by Gasteiger charge is -2.24. The molecule has 0 saturated heterocycles. The van der Waals surface area contributed by atoms with Gasteiger partial charge in [0.1, 0.15) is 6.04 Å². The van der Waals surface area contributed by atoms with Crippen molar-refractivity contribution in [3.8, 4) is 0 Å². The molecular formula is C26H25N5O2S2. The molecule has 35 heavy (non-hydrogen) atoms. The second-order valence-corrected chi connectivity index (χ2v) is 10.3. The fourth-order valence-corrected chi connectivity index (χ4v) is 6.26. The molecule has 7 nitrogen and oxygen atoms in total. The lowest BCUT2D eigenvalue weighted by Crippen LogP contribution is -2.40. The molecule has 4 aromatic rings. The van der Waals surface area contributed by atoms with E-state index in [1.54, 1.807) is 4.57 Å². The van der Waals surface area contributed by atoms with Crippen LogP contribution in [0.2, 0.25) is 0 Å². The summed E-state index contributed by atoms with van der Waals surface area (Å²) in [6.45, 7) is 8.60. The standard InChI is InChI=1S/C26H25N5O2S2/c1-5-30-17(4)19(15(2)29-30)14-21-25(33)31-23(20-12-9-13-34-20)22(16(3)27-26(31)35-21)24(32)28-18-10-7-6-8-11-18/h6-14,23H,5H2,1-4H3,(H,28,32)/b21-14+/t23-/m0/s1. The first-order valence-electron chi connectivity index (χ1n) is 11.4. The Kier molecular flexibility index (Phi) is 6.12. The monoisotopic (exact) mass is 503 g/mol. The van der Waals surface area contributed by atoms with Crippen LogP contribution in [0.25, 0.3) is 6.08 Å². The van der Waals surface area contributed by atoms with Gasteiger partial charge in [0.15, 0.2) is 4.80 Å². The summed E-state index contributed by atoms with van der Waals surface area (Å²) in [5.74, 6) is -0.263. The van der Waals surface area contributed by atoms with Crippen LogP contribution in [0.15, 0.2) is 68.9 Å². The molecule has 0 radical (unpaired) electrons. The predicted molar refractivity (Wildman–Crippen MR) is 141 cm³/mol. The Hall–Kier alpha value is -3.56. The summed E-state index contributed by atoms with van der Waals surface area (Å²) < 4.78 is 4.16. The number of rotatable bonds is 5. The Balaban J connectivity index is 1.67. The van der Waals surface area contributed by atoms with Gasteiger partial charge in [0, 0.05) is 28.4 Å². The Morgan fingerprint density at radius 2 is 1.91 bits per heavy atom. The smallest absolute Gasteiger partial charge is 0.271 e. The summed E-state index contributed by atoms with van der Waals surface area (Å²) >= 11 is 2.86. The van der Waals surface area contributed by atoms with Crippen LogP contribution in [0.1, 0.15) is 41.7 Å². The summed E-state index contributed by atoms with van der Waals surface area (Å²) in [6, 6.07) is 12.7. The molecule has 3 aromatic heterocycles. The number of aryl methyl sites for hydroxylation is 2. The second-order valence-electron chi connectivity index (χ2n) is 8.32. The molecule has 0 aliphatic carbocycles. The molecule has 1 N–H and O–H groups in total. The van der Waals surface area contributed by atoms with E-state index in [9.17, 15) is 9.59 Å². The van der Waals surface area contributed by atoms with E-state index in [0.717, 1.165) is 28.4 Å². The van der Waals surface area contributed by atoms with Crippen LogP contribution in [0.4, 0.5) is 5.69 Å². The van der Waals surface area contributed by atoms with E-state index in [1.165, 1.54) is 22.7 Å². The van der Waals surface area contributed by atoms with Crippen molar-refractivity contribution < 1.29 is 4.79 Å². The van der Waals surface area contributed by atoms with E-state index in [-0.39, 0.29) is 11.5 Å². The number of benzene rings is 1. The highest BCUT2D eigenvalue weighted by atomic mass is 32.1. The molecule has 5 rings (SSSR count). The first kappa shape index (κ1) is 23.2. The van der Waals surface area contributed by atoms with Crippen molar-refractivity contribution in [2.45, 2.75) is 40.3 Å². The van der Waals surface area contributed by atoms with Crippen LogP contribution in [-0.4, -0.2) is 20.3 Å². The van der Waals surface area contributed by atoms with Crippen LogP contribution < -0.4 is 20.2 Å². The van der Waals surface area contributed by atoms with Gasteiger partial charge in [0.05, 0.1) is 21.5 Å². The normalized spacial score (nSPS) is 15.8. The third-order valence-electron chi connectivity index (χ3n) is 6.12.